The van der Waals surface area contributed by atoms with Gasteiger partial charge < -0.3 is 25.0 Å². The van der Waals surface area contributed by atoms with E-state index in [4.69, 9.17) is 9.47 Å². The molecule has 1 aliphatic heterocycles. The summed E-state index contributed by atoms with van der Waals surface area (Å²) in [5.74, 6) is 1.39. The van der Waals surface area contributed by atoms with Crippen molar-refractivity contribution in [2.75, 3.05) is 13.3 Å². The second-order valence-corrected chi connectivity index (χ2v) is 5.02. The summed E-state index contributed by atoms with van der Waals surface area (Å²) in [6, 6.07) is 5.59. The quantitative estimate of drug-likeness (QED) is 0.722. The largest absolute Gasteiger partial charge is 0.454 e. The minimum atomic E-state index is -0.606. The number of hydrogen-bond acceptors (Lipinski definition) is 5. The molecule has 1 aromatic rings. The standard InChI is InChI=1S/C14H21NO4/c1-9(5-10(2)16)15-7-12(17)11-3-4-13-14(6-11)19-8-18-13/h3-4,6,9-10,12,15-17H,5,7-8H2,1-2H3. The van der Waals surface area contributed by atoms with E-state index in [-0.39, 0.29) is 18.9 Å². The average Bonchev–Trinajstić information content (AvgIpc) is 2.82. The number of rotatable bonds is 6. The molecule has 19 heavy (non-hydrogen) atoms. The van der Waals surface area contributed by atoms with Gasteiger partial charge in [0.1, 0.15) is 0 Å². The van der Waals surface area contributed by atoms with Crippen molar-refractivity contribution < 1.29 is 19.7 Å². The van der Waals surface area contributed by atoms with Gasteiger partial charge in [-0.2, -0.15) is 0 Å². The minimum absolute atomic E-state index is 0.156. The van der Waals surface area contributed by atoms with Crippen molar-refractivity contribution in [3.63, 3.8) is 0 Å². The predicted octanol–water partition coefficient (Wildman–Crippen LogP) is 1.20. The van der Waals surface area contributed by atoms with E-state index in [1.165, 1.54) is 0 Å². The third kappa shape index (κ3) is 3.83. The number of hydrogen-bond donors (Lipinski definition) is 3. The zero-order valence-electron chi connectivity index (χ0n) is 11.3. The molecule has 5 heteroatoms. The van der Waals surface area contributed by atoms with Crippen LogP contribution < -0.4 is 14.8 Å². The van der Waals surface area contributed by atoms with Gasteiger partial charge in [0.25, 0.3) is 0 Å². The summed E-state index contributed by atoms with van der Waals surface area (Å²) in [5, 5.41) is 22.6. The number of nitrogens with one attached hydrogen (secondary N) is 1. The van der Waals surface area contributed by atoms with Gasteiger partial charge in [-0.15, -0.1) is 0 Å². The summed E-state index contributed by atoms with van der Waals surface area (Å²) in [5.41, 5.74) is 0.793. The van der Waals surface area contributed by atoms with Gasteiger partial charge in [-0.05, 0) is 38.0 Å². The van der Waals surface area contributed by atoms with Crippen molar-refractivity contribution >= 4 is 0 Å². The molecule has 0 saturated heterocycles. The minimum Gasteiger partial charge on any atom is -0.454 e. The van der Waals surface area contributed by atoms with Crippen LogP contribution in [-0.4, -0.2) is 35.7 Å². The smallest absolute Gasteiger partial charge is 0.231 e. The summed E-state index contributed by atoms with van der Waals surface area (Å²) < 4.78 is 10.5. The molecule has 1 aliphatic rings. The molecule has 3 N–H and O–H groups in total. The summed E-state index contributed by atoms with van der Waals surface area (Å²) in [6.45, 7) is 4.41. The molecule has 3 unspecified atom stereocenters. The Balaban J connectivity index is 1.87. The average molecular weight is 267 g/mol. The molecule has 3 atom stereocenters. The molecular formula is C14H21NO4. The van der Waals surface area contributed by atoms with Crippen LogP contribution in [0.4, 0.5) is 0 Å². The molecule has 0 fully saturated rings. The maximum Gasteiger partial charge on any atom is 0.231 e. The molecule has 0 bridgehead atoms. The predicted molar refractivity (Wildman–Crippen MR) is 71.3 cm³/mol. The van der Waals surface area contributed by atoms with Crippen LogP contribution in [0.15, 0.2) is 18.2 Å². The highest BCUT2D eigenvalue weighted by molar-refractivity contribution is 5.45. The van der Waals surface area contributed by atoms with Crippen molar-refractivity contribution in [3.05, 3.63) is 23.8 Å². The Morgan fingerprint density at radius 3 is 2.68 bits per heavy atom. The Labute approximate surface area is 113 Å². The molecule has 0 aliphatic carbocycles. The molecule has 0 spiro atoms. The van der Waals surface area contributed by atoms with Crippen molar-refractivity contribution in [2.24, 2.45) is 0 Å². The molecule has 0 saturated carbocycles. The van der Waals surface area contributed by atoms with Gasteiger partial charge in [-0.1, -0.05) is 6.07 Å². The fraction of sp³-hybridized carbons (Fsp3) is 0.571. The van der Waals surface area contributed by atoms with Crippen LogP contribution in [0.1, 0.15) is 31.9 Å². The van der Waals surface area contributed by atoms with E-state index in [2.05, 4.69) is 5.32 Å². The van der Waals surface area contributed by atoms with E-state index >= 15 is 0 Å². The summed E-state index contributed by atoms with van der Waals surface area (Å²) >= 11 is 0. The van der Waals surface area contributed by atoms with Gasteiger partial charge in [-0.25, -0.2) is 0 Å². The SMILES string of the molecule is CC(O)CC(C)NCC(O)c1ccc2c(c1)OCO2. The lowest BCUT2D eigenvalue weighted by atomic mass is 10.1. The van der Waals surface area contributed by atoms with Crippen LogP contribution in [-0.2, 0) is 0 Å². The van der Waals surface area contributed by atoms with E-state index in [0.29, 0.717) is 24.5 Å². The van der Waals surface area contributed by atoms with Crippen molar-refractivity contribution in [2.45, 2.75) is 38.5 Å². The fourth-order valence-corrected chi connectivity index (χ4v) is 2.15. The van der Waals surface area contributed by atoms with Crippen molar-refractivity contribution in [1.82, 2.24) is 5.32 Å². The molecular weight excluding hydrogens is 246 g/mol. The lowest BCUT2D eigenvalue weighted by Gasteiger charge is -2.18. The molecule has 5 nitrogen and oxygen atoms in total. The Hall–Kier alpha value is -1.30. The van der Waals surface area contributed by atoms with E-state index in [1.807, 2.05) is 13.0 Å². The molecule has 0 amide bonds. The lowest BCUT2D eigenvalue weighted by molar-refractivity contribution is 0.149. The van der Waals surface area contributed by atoms with Gasteiger partial charge in [-0.3, -0.25) is 0 Å². The first-order valence-electron chi connectivity index (χ1n) is 6.55. The van der Waals surface area contributed by atoms with E-state index in [9.17, 15) is 10.2 Å². The molecule has 106 valence electrons. The third-order valence-electron chi connectivity index (χ3n) is 3.14. The Bertz CT molecular complexity index is 422. The Kier molecular flexibility index (Phi) is 4.63. The first kappa shape index (κ1) is 14.1. The van der Waals surface area contributed by atoms with E-state index < -0.39 is 6.10 Å². The van der Waals surface area contributed by atoms with Crippen LogP contribution in [0.25, 0.3) is 0 Å². The van der Waals surface area contributed by atoms with E-state index in [0.717, 1.165) is 5.56 Å². The first-order valence-corrected chi connectivity index (χ1v) is 6.55. The highest BCUT2D eigenvalue weighted by atomic mass is 16.7. The number of aliphatic hydroxyl groups is 2. The Morgan fingerprint density at radius 2 is 1.95 bits per heavy atom. The Morgan fingerprint density at radius 1 is 1.21 bits per heavy atom. The molecule has 0 radical (unpaired) electrons. The second kappa shape index (κ2) is 6.23. The number of aliphatic hydroxyl groups excluding tert-OH is 2. The van der Waals surface area contributed by atoms with Gasteiger partial charge in [0.15, 0.2) is 11.5 Å². The first-order chi connectivity index (χ1) is 9.06. The molecule has 0 aromatic heterocycles. The fourth-order valence-electron chi connectivity index (χ4n) is 2.15. The topological polar surface area (TPSA) is 71.0 Å². The van der Waals surface area contributed by atoms with Gasteiger partial charge >= 0.3 is 0 Å². The van der Waals surface area contributed by atoms with Gasteiger partial charge in [0.05, 0.1) is 12.2 Å². The van der Waals surface area contributed by atoms with Crippen molar-refractivity contribution in [3.8, 4) is 11.5 Å². The number of benzene rings is 1. The zero-order chi connectivity index (χ0) is 13.8. The van der Waals surface area contributed by atoms with Crippen LogP contribution >= 0.6 is 0 Å². The summed E-state index contributed by atoms with van der Waals surface area (Å²) in [6.07, 6.45) is -0.287. The monoisotopic (exact) mass is 267 g/mol. The number of fused-ring (bicyclic) bond motifs is 1. The second-order valence-electron chi connectivity index (χ2n) is 5.02. The third-order valence-corrected chi connectivity index (χ3v) is 3.14. The number of ether oxygens (including phenoxy) is 2. The van der Waals surface area contributed by atoms with Crippen LogP contribution in [0.5, 0.6) is 11.5 Å². The molecule has 1 aromatic carbocycles. The highest BCUT2D eigenvalue weighted by Gasteiger charge is 2.17. The molecule has 2 rings (SSSR count). The van der Waals surface area contributed by atoms with Crippen LogP contribution in [0, 0.1) is 0 Å². The van der Waals surface area contributed by atoms with Crippen molar-refractivity contribution in [1.29, 1.82) is 0 Å². The van der Waals surface area contributed by atoms with Crippen LogP contribution in [0.2, 0.25) is 0 Å². The maximum atomic E-state index is 10.1. The van der Waals surface area contributed by atoms with Gasteiger partial charge in [0.2, 0.25) is 6.79 Å². The highest BCUT2D eigenvalue weighted by Crippen LogP contribution is 2.34. The summed E-state index contributed by atoms with van der Waals surface area (Å²) in [4.78, 5) is 0. The van der Waals surface area contributed by atoms with E-state index in [1.54, 1.807) is 19.1 Å². The molecule has 1 heterocycles. The van der Waals surface area contributed by atoms with Crippen LogP contribution in [0.3, 0.4) is 0 Å². The summed E-state index contributed by atoms with van der Waals surface area (Å²) in [7, 11) is 0. The zero-order valence-corrected chi connectivity index (χ0v) is 11.3. The maximum absolute atomic E-state index is 10.1. The van der Waals surface area contributed by atoms with Gasteiger partial charge in [0, 0.05) is 12.6 Å². The lowest BCUT2D eigenvalue weighted by Crippen LogP contribution is -2.32. The normalized spacial score (nSPS) is 18.1.